The fraction of sp³-hybridized carbons (Fsp3) is 0.647. The molecule has 0 saturated heterocycles. The second-order valence-electron chi connectivity index (χ2n) is 6.61. The molecule has 1 unspecified atom stereocenters. The van der Waals surface area contributed by atoms with E-state index < -0.39 is 0 Å². The van der Waals surface area contributed by atoms with Crippen LogP contribution in [0.4, 0.5) is 0 Å². The van der Waals surface area contributed by atoms with E-state index in [0.29, 0.717) is 11.5 Å². The maximum atomic E-state index is 3.61. The van der Waals surface area contributed by atoms with Gasteiger partial charge in [0.1, 0.15) is 0 Å². The second-order valence-corrected chi connectivity index (χ2v) is 6.61. The lowest BCUT2D eigenvalue weighted by Crippen LogP contribution is -2.42. The Balaban J connectivity index is 1.94. The number of hydrogen-bond acceptors (Lipinski definition) is 2. The standard InChI is InChI=1S/C17H28N2/c1-5-17(4,12-18-14(2)3)13-19-10-15-8-6-7-9-16(15)11-19/h6-9,14,18H,5,10-13H2,1-4H3. The summed E-state index contributed by atoms with van der Waals surface area (Å²) in [5, 5.41) is 3.61. The van der Waals surface area contributed by atoms with Crippen molar-refractivity contribution in [2.75, 3.05) is 13.1 Å². The van der Waals surface area contributed by atoms with Crippen molar-refractivity contribution in [3.8, 4) is 0 Å². The minimum atomic E-state index is 0.367. The lowest BCUT2D eigenvalue weighted by Gasteiger charge is -2.34. The molecule has 1 aliphatic rings. The summed E-state index contributed by atoms with van der Waals surface area (Å²) in [4.78, 5) is 2.59. The minimum Gasteiger partial charge on any atom is -0.314 e. The van der Waals surface area contributed by atoms with Crippen LogP contribution >= 0.6 is 0 Å². The molecule has 19 heavy (non-hydrogen) atoms. The molecule has 1 N–H and O–H groups in total. The van der Waals surface area contributed by atoms with Gasteiger partial charge < -0.3 is 5.32 Å². The molecular formula is C17H28N2. The quantitative estimate of drug-likeness (QED) is 0.843. The van der Waals surface area contributed by atoms with Crippen LogP contribution in [0.2, 0.25) is 0 Å². The Labute approximate surface area is 118 Å². The summed E-state index contributed by atoms with van der Waals surface area (Å²) < 4.78 is 0. The van der Waals surface area contributed by atoms with Gasteiger partial charge in [-0.05, 0) is 23.0 Å². The first-order valence-corrected chi connectivity index (χ1v) is 7.55. The molecule has 0 fully saturated rings. The molecule has 0 radical (unpaired) electrons. The highest BCUT2D eigenvalue weighted by atomic mass is 15.1. The van der Waals surface area contributed by atoms with Crippen molar-refractivity contribution >= 4 is 0 Å². The van der Waals surface area contributed by atoms with Crippen LogP contribution in [0, 0.1) is 5.41 Å². The zero-order valence-electron chi connectivity index (χ0n) is 12.9. The Hall–Kier alpha value is -0.860. The third kappa shape index (κ3) is 3.80. The van der Waals surface area contributed by atoms with Crippen molar-refractivity contribution in [3.63, 3.8) is 0 Å². The molecule has 0 amide bonds. The first kappa shape index (κ1) is 14.5. The molecule has 1 heterocycles. The van der Waals surface area contributed by atoms with E-state index in [1.54, 1.807) is 0 Å². The Morgan fingerprint density at radius 1 is 1.21 bits per heavy atom. The van der Waals surface area contributed by atoms with Crippen molar-refractivity contribution in [3.05, 3.63) is 35.4 Å². The van der Waals surface area contributed by atoms with E-state index in [-0.39, 0.29) is 0 Å². The van der Waals surface area contributed by atoms with E-state index in [1.165, 1.54) is 24.1 Å². The second kappa shape index (κ2) is 6.06. The lowest BCUT2D eigenvalue weighted by molar-refractivity contribution is 0.152. The monoisotopic (exact) mass is 260 g/mol. The molecule has 0 saturated carbocycles. The number of rotatable bonds is 6. The molecule has 0 aromatic heterocycles. The number of hydrogen-bond donors (Lipinski definition) is 1. The summed E-state index contributed by atoms with van der Waals surface area (Å²) in [5.74, 6) is 0. The van der Waals surface area contributed by atoms with Crippen LogP contribution in [0.5, 0.6) is 0 Å². The fourth-order valence-corrected chi connectivity index (χ4v) is 2.80. The van der Waals surface area contributed by atoms with Crippen LogP contribution in [0.3, 0.4) is 0 Å². The number of benzene rings is 1. The van der Waals surface area contributed by atoms with Gasteiger partial charge in [0.05, 0.1) is 0 Å². The Morgan fingerprint density at radius 2 is 1.79 bits per heavy atom. The van der Waals surface area contributed by atoms with Crippen LogP contribution in [-0.2, 0) is 13.1 Å². The highest BCUT2D eigenvalue weighted by Gasteiger charge is 2.28. The molecule has 106 valence electrons. The summed E-state index contributed by atoms with van der Waals surface area (Å²) in [6.45, 7) is 13.7. The van der Waals surface area contributed by atoms with Crippen molar-refractivity contribution in [1.29, 1.82) is 0 Å². The normalized spacial score (nSPS) is 18.6. The average molecular weight is 260 g/mol. The lowest BCUT2D eigenvalue weighted by atomic mass is 9.86. The molecule has 0 aliphatic carbocycles. The average Bonchev–Trinajstić information content (AvgIpc) is 2.78. The molecule has 0 spiro atoms. The molecule has 1 atom stereocenters. The van der Waals surface area contributed by atoms with E-state index in [4.69, 9.17) is 0 Å². The highest BCUT2D eigenvalue weighted by molar-refractivity contribution is 5.30. The third-order valence-electron chi connectivity index (χ3n) is 4.30. The zero-order chi connectivity index (χ0) is 13.9. The van der Waals surface area contributed by atoms with Gasteiger partial charge in [0.15, 0.2) is 0 Å². The molecule has 1 aliphatic heterocycles. The van der Waals surface area contributed by atoms with E-state index in [0.717, 1.165) is 19.6 Å². The summed E-state index contributed by atoms with van der Waals surface area (Å²) in [7, 11) is 0. The van der Waals surface area contributed by atoms with Gasteiger partial charge in [-0.25, -0.2) is 0 Å². The van der Waals surface area contributed by atoms with Crippen LogP contribution in [0.15, 0.2) is 24.3 Å². The zero-order valence-corrected chi connectivity index (χ0v) is 12.9. The van der Waals surface area contributed by atoms with E-state index in [9.17, 15) is 0 Å². The van der Waals surface area contributed by atoms with Gasteiger partial charge in [0.25, 0.3) is 0 Å². The fourth-order valence-electron chi connectivity index (χ4n) is 2.80. The summed E-state index contributed by atoms with van der Waals surface area (Å²) >= 11 is 0. The number of nitrogens with zero attached hydrogens (tertiary/aromatic N) is 1. The van der Waals surface area contributed by atoms with E-state index in [2.05, 4.69) is 62.2 Å². The predicted octanol–water partition coefficient (Wildman–Crippen LogP) is 3.42. The van der Waals surface area contributed by atoms with Crippen LogP contribution in [0.1, 0.15) is 45.2 Å². The van der Waals surface area contributed by atoms with E-state index in [1.807, 2.05) is 0 Å². The Morgan fingerprint density at radius 3 is 2.26 bits per heavy atom. The van der Waals surface area contributed by atoms with Crippen molar-refractivity contribution in [2.45, 2.75) is 53.2 Å². The molecule has 2 rings (SSSR count). The molecule has 1 aromatic carbocycles. The van der Waals surface area contributed by atoms with Gasteiger partial charge in [0.2, 0.25) is 0 Å². The SMILES string of the molecule is CCC(C)(CNC(C)C)CN1Cc2ccccc2C1. The van der Waals surface area contributed by atoms with Crippen LogP contribution in [0.25, 0.3) is 0 Å². The summed E-state index contributed by atoms with van der Waals surface area (Å²) in [6, 6.07) is 9.42. The van der Waals surface area contributed by atoms with Gasteiger partial charge in [-0.2, -0.15) is 0 Å². The molecule has 2 nitrogen and oxygen atoms in total. The third-order valence-corrected chi connectivity index (χ3v) is 4.30. The van der Waals surface area contributed by atoms with Crippen molar-refractivity contribution in [1.82, 2.24) is 10.2 Å². The van der Waals surface area contributed by atoms with Crippen LogP contribution in [-0.4, -0.2) is 24.0 Å². The topological polar surface area (TPSA) is 15.3 Å². The molecule has 2 heteroatoms. The van der Waals surface area contributed by atoms with Crippen molar-refractivity contribution < 1.29 is 0 Å². The van der Waals surface area contributed by atoms with Gasteiger partial charge in [0, 0.05) is 32.2 Å². The van der Waals surface area contributed by atoms with Crippen LogP contribution < -0.4 is 5.32 Å². The maximum absolute atomic E-state index is 3.61. The predicted molar refractivity (Wildman–Crippen MR) is 82.1 cm³/mol. The number of fused-ring (bicyclic) bond motifs is 1. The molecular weight excluding hydrogens is 232 g/mol. The highest BCUT2D eigenvalue weighted by Crippen LogP contribution is 2.28. The van der Waals surface area contributed by atoms with Crippen molar-refractivity contribution in [2.24, 2.45) is 5.41 Å². The molecule has 1 aromatic rings. The Bertz CT molecular complexity index is 388. The maximum Gasteiger partial charge on any atom is 0.0240 e. The smallest absolute Gasteiger partial charge is 0.0240 e. The minimum absolute atomic E-state index is 0.367. The van der Waals surface area contributed by atoms with Gasteiger partial charge >= 0.3 is 0 Å². The van der Waals surface area contributed by atoms with Gasteiger partial charge in [-0.3, -0.25) is 4.90 Å². The molecule has 0 bridgehead atoms. The summed E-state index contributed by atoms with van der Waals surface area (Å²) in [6.07, 6.45) is 1.22. The van der Waals surface area contributed by atoms with E-state index >= 15 is 0 Å². The number of nitrogens with one attached hydrogen (secondary N) is 1. The largest absolute Gasteiger partial charge is 0.314 e. The first-order chi connectivity index (χ1) is 9.02. The van der Waals surface area contributed by atoms with Gasteiger partial charge in [-0.1, -0.05) is 52.0 Å². The van der Waals surface area contributed by atoms with Gasteiger partial charge in [-0.15, -0.1) is 0 Å². The summed E-state index contributed by atoms with van der Waals surface area (Å²) in [5.41, 5.74) is 3.39. The Kier molecular flexibility index (Phi) is 4.64. The first-order valence-electron chi connectivity index (χ1n) is 7.55.